The highest BCUT2D eigenvalue weighted by atomic mass is 16.3. The van der Waals surface area contributed by atoms with Crippen molar-refractivity contribution in [3.63, 3.8) is 0 Å². The van der Waals surface area contributed by atoms with Crippen LogP contribution in [0.15, 0.2) is 52.9 Å². The third-order valence-corrected chi connectivity index (χ3v) is 4.89. The van der Waals surface area contributed by atoms with Crippen LogP contribution in [0.1, 0.15) is 30.3 Å². The number of aliphatic hydroxyl groups is 1. The number of hydrogen-bond donors (Lipinski definition) is 1. The maximum absolute atomic E-state index is 10.5. The Balaban J connectivity index is 2.12. The minimum atomic E-state index is -0.408. The highest BCUT2D eigenvalue weighted by Gasteiger charge is 2.27. The zero-order valence-electron chi connectivity index (χ0n) is 12.2. The molecule has 3 aromatic carbocycles. The highest BCUT2D eigenvalue weighted by Crippen LogP contribution is 2.44. The number of benzene rings is 3. The molecule has 1 aliphatic carbocycles. The van der Waals surface area contributed by atoms with Gasteiger partial charge in [0.1, 0.15) is 11.3 Å². The minimum Gasteiger partial charge on any atom is -0.460 e. The van der Waals surface area contributed by atoms with Gasteiger partial charge in [-0.05, 0) is 29.0 Å². The molecule has 108 valence electrons. The van der Waals surface area contributed by atoms with Crippen LogP contribution < -0.4 is 0 Å². The first-order chi connectivity index (χ1) is 10.8. The van der Waals surface area contributed by atoms with E-state index in [9.17, 15) is 5.11 Å². The molecule has 0 saturated heterocycles. The summed E-state index contributed by atoms with van der Waals surface area (Å²) in [5.74, 6) is 0.968. The summed E-state index contributed by atoms with van der Waals surface area (Å²) in [6, 6.07) is 16.8. The summed E-state index contributed by atoms with van der Waals surface area (Å²) in [6.45, 7) is 0. The fourth-order valence-electron chi connectivity index (χ4n) is 3.94. The Morgan fingerprint density at radius 2 is 1.50 bits per heavy atom. The number of rotatable bonds is 0. The molecule has 0 unspecified atom stereocenters. The Morgan fingerprint density at radius 1 is 0.864 bits per heavy atom. The van der Waals surface area contributed by atoms with Crippen LogP contribution in [0.3, 0.4) is 0 Å². The lowest BCUT2D eigenvalue weighted by atomic mass is 9.89. The number of aryl methyl sites for hydroxylation is 1. The summed E-state index contributed by atoms with van der Waals surface area (Å²) >= 11 is 0. The molecule has 1 heterocycles. The van der Waals surface area contributed by atoms with E-state index in [1.807, 2.05) is 0 Å². The Bertz CT molecular complexity index is 1030. The Labute approximate surface area is 128 Å². The molecule has 22 heavy (non-hydrogen) atoms. The molecule has 0 spiro atoms. The van der Waals surface area contributed by atoms with Crippen molar-refractivity contribution in [3.05, 3.63) is 59.9 Å². The van der Waals surface area contributed by atoms with E-state index in [1.165, 1.54) is 16.2 Å². The van der Waals surface area contributed by atoms with Gasteiger partial charge in [-0.3, -0.25) is 0 Å². The molecule has 0 amide bonds. The van der Waals surface area contributed by atoms with Gasteiger partial charge >= 0.3 is 0 Å². The maximum Gasteiger partial charge on any atom is 0.143 e. The average Bonchev–Trinajstić information content (AvgIpc) is 2.96. The Kier molecular flexibility index (Phi) is 2.42. The molecule has 1 aliphatic rings. The number of aliphatic hydroxyl groups excluding tert-OH is 1. The van der Waals surface area contributed by atoms with Gasteiger partial charge < -0.3 is 9.52 Å². The fourth-order valence-corrected chi connectivity index (χ4v) is 3.94. The SMILES string of the molecule is O[C@H]1CCCc2oc3c4ccccc4c4ccccc4c3c21. The molecule has 0 saturated carbocycles. The van der Waals surface area contributed by atoms with Gasteiger partial charge in [-0.1, -0.05) is 48.5 Å². The monoisotopic (exact) mass is 288 g/mol. The summed E-state index contributed by atoms with van der Waals surface area (Å²) in [6.07, 6.45) is 2.32. The van der Waals surface area contributed by atoms with Gasteiger partial charge in [0.05, 0.1) is 6.10 Å². The molecular weight excluding hydrogens is 272 g/mol. The van der Waals surface area contributed by atoms with Crippen molar-refractivity contribution < 1.29 is 9.52 Å². The zero-order chi connectivity index (χ0) is 14.7. The molecule has 1 N–H and O–H groups in total. The van der Waals surface area contributed by atoms with Crippen LogP contribution in [-0.4, -0.2) is 5.11 Å². The summed E-state index contributed by atoms with van der Waals surface area (Å²) in [5, 5.41) is 16.4. The van der Waals surface area contributed by atoms with Gasteiger partial charge in [-0.15, -0.1) is 0 Å². The normalized spacial score (nSPS) is 18.1. The molecule has 1 atom stereocenters. The van der Waals surface area contributed by atoms with E-state index >= 15 is 0 Å². The molecule has 4 aromatic rings. The number of hydrogen-bond acceptors (Lipinski definition) is 2. The molecular formula is C20H16O2. The molecule has 0 radical (unpaired) electrons. The first kappa shape index (κ1) is 12.2. The van der Waals surface area contributed by atoms with Crippen molar-refractivity contribution in [1.82, 2.24) is 0 Å². The Hall–Kier alpha value is -2.32. The predicted molar refractivity (Wildman–Crippen MR) is 89.1 cm³/mol. The van der Waals surface area contributed by atoms with Crippen molar-refractivity contribution in [2.24, 2.45) is 0 Å². The lowest BCUT2D eigenvalue weighted by Crippen LogP contribution is -2.06. The van der Waals surface area contributed by atoms with Gasteiger partial charge in [-0.25, -0.2) is 0 Å². The van der Waals surface area contributed by atoms with E-state index in [0.29, 0.717) is 0 Å². The van der Waals surface area contributed by atoms with Crippen LogP contribution in [0, 0.1) is 0 Å². The maximum atomic E-state index is 10.5. The van der Waals surface area contributed by atoms with Crippen LogP contribution in [-0.2, 0) is 6.42 Å². The molecule has 2 nitrogen and oxygen atoms in total. The van der Waals surface area contributed by atoms with E-state index in [2.05, 4.69) is 48.5 Å². The van der Waals surface area contributed by atoms with Gasteiger partial charge in [0, 0.05) is 22.8 Å². The molecule has 2 heteroatoms. The van der Waals surface area contributed by atoms with Crippen LogP contribution in [0.5, 0.6) is 0 Å². The summed E-state index contributed by atoms with van der Waals surface area (Å²) in [4.78, 5) is 0. The summed E-state index contributed by atoms with van der Waals surface area (Å²) in [7, 11) is 0. The van der Waals surface area contributed by atoms with Crippen molar-refractivity contribution in [2.45, 2.75) is 25.4 Å². The lowest BCUT2D eigenvalue weighted by Gasteiger charge is -2.16. The molecule has 0 aliphatic heterocycles. The second kappa shape index (κ2) is 4.34. The van der Waals surface area contributed by atoms with Crippen LogP contribution in [0.2, 0.25) is 0 Å². The third kappa shape index (κ3) is 1.48. The van der Waals surface area contributed by atoms with Crippen molar-refractivity contribution >= 4 is 32.5 Å². The summed E-state index contributed by atoms with van der Waals surface area (Å²) in [5.41, 5.74) is 1.95. The van der Waals surface area contributed by atoms with E-state index in [1.54, 1.807) is 0 Å². The summed E-state index contributed by atoms with van der Waals surface area (Å²) < 4.78 is 6.22. The van der Waals surface area contributed by atoms with Gasteiger partial charge in [0.15, 0.2) is 0 Å². The Morgan fingerprint density at radius 3 is 2.27 bits per heavy atom. The number of fused-ring (bicyclic) bond motifs is 8. The number of furan rings is 1. The van der Waals surface area contributed by atoms with Gasteiger partial charge in [0.2, 0.25) is 0 Å². The van der Waals surface area contributed by atoms with Crippen LogP contribution in [0.4, 0.5) is 0 Å². The van der Waals surface area contributed by atoms with Crippen LogP contribution in [0.25, 0.3) is 32.5 Å². The van der Waals surface area contributed by atoms with Crippen molar-refractivity contribution in [2.75, 3.05) is 0 Å². The van der Waals surface area contributed by atoms with Crippen LogP contribution >= 0.6 is 0 Å². The van der Waals surface area contributed by atoms with E-state index < -0.39 is 6.10 Å². The topological polar surface area (TPSA) is 33.4 Å². The quantitative estimate of drug-likeness (QED) is 0.456. The highest BCUT2D eigenvalue weighted by molar-refractivity contribution is 6.24. The largest absolute Gasteiger partial charge is 0.460 e. The second-order valence-corrected chi connectivity index (χ2v) is 6.14. The fraction of sp³-hybridized carbons (Fsp3) is 0.200. The third-order valence-electron chi connectivity index (χ3n) is 4.89. The van der Waals surface area contributed by atoms with Gasteiger partial charge in [0.25, 0.3) is 0 Å². The second-order valence-electron chi connectivity index (χ2n) is 6.14. The van der Waals surface area contributed by atoms with E-state index in [4.69, 9.17) is 4.42 Å². The molecule has 1 aromatic heterocycles. The van der Waals surface area contributed by atoms with E-state index in [-0.39, 0.29) is 0 Å². The first-order valence-electron chi connectivity index (χ1n) is 7.87. The minimum absolute atomic E-state index is 0.408. The van der Waals surface area contributed by atoms with E-state index in [0.717, 1.165) is 46.9 Å². The zero-order valence-corrected chi connectivity index (χ0v) is 12.2. The molecule has 0 fully saturated rings. The van der Waals surface area contributed by atoms with Gasteiger partial charge in [-0.2, -0.15) is 0 Å². The first-order valence-corrected chi connectivity index (χ1v) is 7.87. The molecule has 0 bridgehead atoms. The lowest BCUT2D eigenvalue weighted by molar-refractivity contribution is 0.154. The standard InChI is InChI=1S/C20H16O2/c21-16-10-5-11-17-19(16)18-14-8-3-1-6-12(14)13-7-2-4-9-15(13)20(18)22-17/h1-4,6-9,16,21H,5,10-11H2/t16-/m0/s1. The average molecular weight is 288 g/mol. The predicted octanol–water partition coefficient (Wildman–Crippen LogP) is 5.11. The van der Waals surface area contributed by atoms with Crippen molar-refractivity contribution in [3.8, 4) is 0 Å². The molecule has 5 rings (SSSR count). The smallest absolute Gasteiger partial charge is 0.143 e. The van der Waals surface area contributed by atoms with Crippen molar-refractivity contribution in [1.29, 1.82) is 0 Å².